The van der Waals surface area contributed by atoms with E-state index >= 15 is 0 Å². The van der Waals surface area contributed by atoms with Crippen molar-refractivity contribution in [3.05, 3.63) is 52.3 Å². The Bertz CT molecular complexity index is 895. The van der Waals surface area contributed by atoms with E-state index in [4.69, 9.17) is 14.2 Å². The highest BCUT2D eigenvalue weighted by Gasteiger charge is 2.46. The Balaban J connectivity index is 1.58. The van der Waals surface area contributed by atoms with Crippen molar-refractivity contribution in [2.45, 2.75) is 65.0 Å². The van der Waals surface area contributed by atoms with Crippen LogP contribution in [0.2, 0.25) is 0 Å². The standard InChI is InChI=1S/C22H29NO4/c1-15(10-11-19-21(2,3)27-22(4,5)26-19)12-13-25-18-14-20(24)23-17-9-7-6-8-16(17)18/h6-9,12,14,19H,10-11,13H2,1-5H3,(H,23,24)/t19-/m0/s1. The molecule has 1 aromatic heterocycles. The molecule has 2 aromatic rings. The van der Waals surface area contributed by atoms with Crippen molar-refractivity contribution in [2.75, 3.05) is 6.61 Å². The molecule has 1 aliphatic rings. The fourth-order valence-corrected chi connectivity index (χ4v) is 3.64. The molecule has 5 nitrogen and oxygen atoms in total. The summed E-state index contributed by atoms with van der Waals surface area (Å²) in [6.45, 7) is 10.6. The van der Waals surface area contributed by atoms with E-state index in [-0.39, 0.29) is 17.3 Å². The molecule has 0 amide bonds. The van der Waals surface area contributed by atoms with Crippen molar-refractivity contribution in [1.82, 2.24) is 4.98 Å². The van der Waals surface area contributed by atoms with Gasteiger partial charge in [0.15, 0.2) is 5.79 Å². The Hall–Kier alpha value is -2.11. The molecule has 1 aliphatic heterocycles. The molecule has 1 N–H and O–H groups in total. The molecule has 27 heavy (non-hydrogen) atoms. The summed E-state index contributed by atoms with van der Waals surface area (Å²) in [5, 5.41) is 0.906. The first kappa shape index (κ1) is 19.6. The highest BCUT2D eigenvalue weighted by molar-refractivity contribution is 5.84. The number of allylic oxidation sites excluding steroid dienone is 1. The second kappa shape index (κ2) is 7.49. The maximum Gasteiger partial charge on any atom is 0.252 e. The first-order valence-corrected chi connectivity index (χ1v) is 9.45. The maximum absolute atomic E-state index is 11.8. The van der Waals surface area contributed by atoms with Crippen molar-refractivity contribution in [3.63, 3.8) is 0 Å². The molecule has 0 spiro atoms. The van der Waals surface area contributed by atoms with Gasteiger partial charge < -0.3 is 19.2 Å². The minimum Gasteiger partial charge on any atom is -0.489 e. The Kier molecular flexibility index (Phi) is 5.45. The molecule has 0 saturated carbocycles. The third-order valence-electron chi connectivity index (χ3n) is 4.89. The molecule has 2 heterocycles. The van der Waals surface area contributed by atoms with Gasteiger partial charge in [0.2, 0.25) is 0 Å². The molecule has 146 valence electrons. The summed E-state index contributed by atoms with van der Waals surface area (Å²) in [5.74, 6) is 0.0739. The average molecular weight is 371 g/mol. The first-order chi connectivity index (χ1) is 12.7. The lowest BCUT2D eigenvalue weighted by molar-refractivity contribution is -0.157. The van der Waals surface area contributed by atoms with Crippen molar-refractivity contribution >= 4 is 10.9 Å². The molecule has 1 atom stereocenters. The van der Waals surface area contributed by atoms with Crippen LogP contribution in [0, 0.1) is 0 Å². The summed E-state index contributed by atoms with van der Waals surface area (Å²) in [6, 6.07) is 9.14. The van der Waals surface area contributed by atoms with Gasteiger partial charge in [-0.1, -0.05) is 17.7 Å². The van der Waals surface area contributed by atoms with E-state index in [0.29, 0.717) is 12.4 Å². The molecule has 1 saturated heterocycles. The van der Waals surface area contributed by atoms with Crippen molar-refractivity contribution in [2.24, 2.45) is 0 Å². The summed E-state index contributed by atoms with van der Waals surface area (Å²) in [5.41, 5.74) is 1.56. The largest absolute Gasteiger partial charge is 0.489 e. The zero-order valence-corrected chi connectivity index (χ0v) is 16.8. The fraction of sp³-hybridized carbons (Fsp3) is 0.500. The van der Waals surface area contributed by atoms with Crippen LogP contribution in [0.4, 0.5) is 0 Å². The average Bonchev–Trinajstić information content (AvgIpc) is 2.79. The third kappa shape index (κ3) is 4.79. The van der Waals surface area contributed by atoms with Gasteiger partial charge in [0.1, 0.15) is 12.4 Å². The number of benzene rings is 1. The lowest BCUT2D eigenvalue weighted by Gasteiger charge is -2.24. The van der Waals surface area contributed by atoms with Crippen LogP contribution in [-0.2, 0) is 9.47 Å². The van der Waals surface area contributed by atoms with E-state index < -0.39 is 5.79 Å². The van der Waals surface area contributed by atoms with Crippen LogP contribution >= 0.6 is 0 Å². The Labute approximate surface area is 160 Å². The number of H-pyrrole nitrogens is 1. The van der Waals surface area contributed by atoms with Gasteiger partial charge in [-0.05, 0) is 65.7 Å². The number of rotatable bonds is 6. The summed E-state index contributed by atoms with van der Waals surface area (Å²) in [6.07, 6.45) is 3.93. The Morgan fingerprint density at radius 1 is 1.26 bits per heavy atom. The topological polar surface area (TPSA) is 60.6 Å². The van der Waals surface area contributed by atoms with Gasteiger partial charge in [-0.25, -0.2) is 0 Å². The van der Waals surface area contributed by atoms with E-state index in [1.54, 1.807) is 0 Å². The molecule has 5 heteroatoms. The Morgan fingerprint density at radius 3 is 2.70 bits per heavy atom. The summed E-state index contributed by atoms with van der Waals surface area (Å²) >= 11 is 0. The molecule has 0 radical (unpaired) electrons. The minimum absolute atomic E-state index is 0.0633. The predicted molar refractivity (Wildman–Crippen MR) is 107 cm³/mol. The number of ether oxygens (including phenoxy) is 3. The number of pyridine rings is 1. The van der Waals surface area contributed by atoms with Gasteiger partial charge >= 0.3 is 0 Å². The normalized spacial score (nSPS) is 21.5. The first-order valence-electron chi connectivity index (χ1n) is 9.45. The monoisotopic (exact) mass is 371 g/mol. The van der Waals surface area contributed by atoms with Gasteiger partial charge in [-0.2, -0.15) is 0 Å². The number of aromatic amines is 1. The second-order valence-electron chi connectivity index (χ2n) is 8.16. The number of fused-ring (bicyclic) bond motifs is 1. The molecule has 1 aromatic carbocycles. The SMILES string of the molecule is CC(=CCOc1cc(=O)[nH]c2ccccc12)CC[C@@H]1OC(C)(C)OC1(C)C. The van der Waals surface area contributed by atoms with Crippen molar-refractivity contribution < 1.29 is 14.2 Å². The van der Waals surface area contributed by atoms with E-state index in [2.05, 4.69) is 31.8 Å². The van der Waals surface area contributed by atoms with Crippen LogP contribution in [-0.4, -0.2) is 29.1 Å². The van der Waals surface area contributed by atoms with E-state index in [1.165, 1.54) is 11.6 Å². The van der Waals surface area contributed by atoms with Crippen molar-refractivity contribution in [1.29, 1.82) is 0 Å². The van der Waals surface area contributed by atoms with E-state index in [0.717, 1.165) is 23.7 Å². The number of hydrogen-bond donors (Lipinski definition) is 1. The number of hydrogen-bond acceptors (Lipinski definition) is 4. The van der Waals surface area contributed by atoms with Crippen LogP contribution in [0.3, 0.4) is 0 Å². The van der Waals surface area contributed by atoms with Gasteiger partial charge in [0.25, 0.3) is 5.56 Å². The summed E-state index contributed by atoms with van der Waals surface area (Å²) in [4.78, 5) is 14.6. The summed E-state index contributed by atoms with van der Waals surface area (Å²) < 4.78 is 17.9. The van der Waals surface area contributed by atoms with Crippen molar-refractivity contribution in [3.8, 4) is 5.75 Å². The van der Waals surface area contributed by atoms with Crippen LogP contribution in [0.15, 0.2) is 46.8 Å². The highest BCUT2D eigenvalue weighted by atomic mass is 16.8. The Morgan fingerprint density at radius 2 is 2.00 bits per heavy atom. The zero-order valence-electron chi connectivity index (χ0n) is 16.8. The second-order valence-corrected chi connectivity index (χ2v) is 8.16. The molecule has 1 fully saturated rings. The molecular formula is C22H29NO4. The maximum atomic E-state index is 11.8. The van der Waals surface area contributed by atoms with Crippen LogP contribution in [0.1, 0.15) is 47.5 Å². The van der Waals surface area contributed by atoms with Gasteiger partial charge in [0.05, 0.1) is 17.2 Å². The number of aromatic nitrogens is 1. The third-order valence-corrected chi connectivity index (χ3v) is 4.89. The molecule has 0 unspecified atom stereocenters. The van der Waals surface area contributed by atoms with E-state index in [1.807, 2.05) is 38.1 Å². The smallest absolute Gasteiger partial charge is 0.252 e. The molecular weight excluding hydrogens is 342 g/mol. The quantitative estimate of drug-likeness (QED) is 0.756. The van der Waals surface area contributed by atoms with Gasteiger partial charge in [-0.15, -0.1) is 0 Å². The van der Waals surface area contributed by atoms with Crippen LogP contribution < -0.4 is 10.3 Å². The lowest BCUT2D eigenvalue weighted by atomic mass is 9.96. The zero-order chi connectivity index (χ0) is 19.7. The predicted octanol–water partition coefficient (Wildman–Crippen LogP) is 4.56. The number of nitrogens with one attached hydrogen (secondary N) is 1. The van der Waals surface area contributed by atoms with Gasteiger partial charge in [0, 0.05) is 11.5 Å². The highest BCUT2D eigenvalue weighted by Crippen LogP contribution is 2.38. The number of para-hydroxylation sites is 1. The van der Waals surface area contributed by atoms with Gasteiger partial charge in [-0.3, -0.25) is 4.79 Å². The molecule has 0 aliphatic carbocycles. The lowest BCUT2D eigenvalue weighted by Crippen LogP contribution is -2.33. The molecule has 3 rings (SSSR count). The van der Waals surface area contributed by atoms with Crippen LogP contribution in [0.5, 0.6) is 5.75 Å². The summed E-state index contributed by atoms with van der Waals surface area (Å²) in [7, 11) is 0. The fourth-order valence-electron chi connectivity index (χ4n) is 3.64. The minimum atomic E-state index is -0.531. The van der Waals surface area contributed by atoms with Crippen LogP contribution in [0.25, 0.3) is 10.9 Å². The van der Waals surface area contributed by atoms with E-state index in [9.17, 15) is 4.79 Å². The molecule has 0 bridgehead atoms.